The molecule has 0 saturated carbocycles. The van der Waals surface area contributed by atoms with E-state index in [1.165, 1.54) is 0 Å². The second-order valence-electron chi connectivity index (χ2n) is 7.04. The van der Waals surface area contributed by atoms with Crippen LogP contribution < -0.4 is 9.73 Å². The summed E-state index contributed by atoms with van der Waals surface area (Å²) in [6.07, 6.45) is 2.60. The molecule has 0 aliphatic rings. The van der Waals surface area contributed by atoms with Crippen molar-refractivity contribution in [3.8, 4) is 5.69 Å². The average Bonchev–Trinajstić information content (AvgIpc) is 3.00. The number of aryl methyl sites for hydroxylation is 1. The zero-order valence-corrected chi connectivity index (χ0v) is 19.0. The molecule has 0 aliphatic carbocycles. The molecule has 1 amide bonds. The van der Waals surface area contributed by atoms with Gasteiger partial charge in [0.1, 0.15) is 6.54 Å². The molecule has 3 aromatic rings. The third-order valence-electron chi connectivity index (χ3n) is 4.68. The SMILES string of the molecule is Cc1cc(C=NNC(=O)CN(c2ccccc2)S(C)(=O)=O)c(C)n1-c1ccc(Cl)cc1. The standard InChI is InChI=1S/C22H23ClN4O3S/c1-16-13-18(17(2)27(16)21-11-9-19(23)10-12-21)14-24-25-22(28)15-26(31(3,29)30)20-7-5-4-6-8-20/h4-14H,15H2,1-3H3,(H,25,28). The van der Waals surface area contributed by atoms with Crippen LogP contribution in [-0.2, 0) is 14.8 Å². The fourth-order valence-electron chi connectivity index (χ4n) is 3.24. The van der Waals surface area contributed by atoms with Crippen molar-refractivity contribution >= 4 is 39.4 Å². The lowest BCUT2D eigenvalue weighted by Crippen LogP contribution is -2.38. The molecular weight excluding hydrogens is 436 g/mol. The van der Waals surface area contributed by atoms with Crippen LogP contribution in [0, 0.1) is 13.8 Å². The third kappa shape index (κ3) is 5.53. The quantitative estimate of drug-likeness (QED) is 0.433. The van der Waals surface area contributed by atoms with Crippen LogP contribution in [0.3, 0.4) is 0 Å². The molecule has 9 heteroatoms. The highest BCUT2D eigenvalue weighted by molar-refractivity contribution is 7.92. The molecule has 162 valence electrons. The molecule has 0 saturated heterocycles. The zero-order chi connectivity index (χ0) is 22.6. The smallest absolute Gasteiger partial charge is 0.260 e. The number of nitrogens with zero attached hydrogens (tertiary/aromatic N) is 3. The van der Waals surface area contributed by atoms with Crippen LogP contribution in [0.25, 0.3) is 5.69 Å². The van der Waals surface area contributed by atoms with Gasteiger partial charge in [0.2, 0.25) is 10.0 Å². The van der Waals surface area contributed by atoms with E-state index in [1.807, 2.05) is 44.2 Å². The van der Waals surface area contributed by atoms with Gasteiger partial charge in [-0.15, -0.1) is 0 Å². The summed E-state index contributed by atoms with van der Waals surface area (Å²) >= 11 is 5.97. The van der Waals surface area contributed by atoms with Gasteiger partial charge >= 0.3 is 0 Å². The van der Waals surface area contributed by atoms with Gasteiger partial charge in [0.05, 0.1) is 18.2 Å². The summed E-state index contributed by atoms with van der Waals surface area (Å²) in [6, 6.07) is 17.9. The van der Waals surface area contributed by atoms with Crippen LogP contribution in [0.5, 0.6) is 0 Å². The largest absolute Gasteiger partial charge is 0.318 e. The molecule has 0 radical (unpaired) electrons. The van der Waals surface area contributed by atoms with E-state index in [1.54, 1.807) is 36.5 Å². The molecule has 1 heterocycles. The van der Waals surface area contributed by atoms with Gasteiger partial charge in [0.15, 0.2) is 0 Å². The van der Waals surface area contributed by atoms with Crippen LogP contribution >= 0.6 is 11.6 Å². The highest BCUT2D eigenvalue weighted by Crippen LogP contribution is 2.21. The number of amides is 1. The topological polar surface area (TPSA) is 83.8 Å². The molecule has 2 aromatic carbocycles. The van der Waals surface area contributed by atoms with Gasteiger partial charge in [-0.05, 0) is 56.3 Å². The van der Waals surface area contributed by atoms with E-state index >= 15 is 0 Å². The van der Waals surface area contributed by atoms with Gasteiger partial charge in [0, 0.05) is 27.7 Å². The summed E-state index contributed by atoms with van der Waals surface area (Å²) in [6.45, 7) is 3.55. The number of nitrogens with one attached hydrogen (secondary N) is 1. The maximum Gasteiger partial charge on any atom is 0.260 e. The number of anilines is 1. The maximum atomic E-state index is 12.3. The predicted molar refractivity (Wildman–Crippen MR) is 125 cm³/mol. The number of hydrogen-bond acceptors (Lipinski definition) is 4. The molecular formula is C22H23ClN4O3S. The number of para-hydroxylation sites is 1. The van der Waals surface area contributed by atoms with Crippen LogP contribution in [0.15, 0.2) is 65.8 Å². The van der Waals surface area contributed by atoms with Crippen molar-refractivity contribution in [2.24, 2.45) is 5.10 Å². The summed E-state index contributed by atoms with van der Waals surface area (Å²) in [7, 11) is -3.63. The minimum Gasteiger partial charge on any atom is -0.318 e. The minimum atomic E-state index is -3.63. The molecule has 0 fully saturated rings. The molecule has 3 rings (SSSR count). The van der Waals surface area contributed by atoms with Crippen molar-refractivity contribution in [1.29, 1.82) is 0 Å². The summed E-state index contributed by atoms with van der Waals surface area (Å²) in [5.74, 6) is -0.544. The average molecular weight is 459 g/mol. The van der Waals surface area contributed by atoms with Crippen LogP contribution in [0.4, 0.5) is 5.69 Å². The van der Waals surface area contributed by atoms with E-state index in [0.29, 0.717) is 10.7 Å². The molecule has 0 aliphatic heterocycles. The number of halogens is 1. The van der Waals surface area contributed by atoms with Crippen molar-refractivity contribution < 1.29 is 13.2 Å². The van der Waals surface area contributed by atoms with Crippen molar-refractivity contribution in [2.45, 2.75) is 13.8 Å². The van der Waals surface area contributed by atoms with E-state index in [4.69, 9.17) is 11.6 Å². The Balaban J connectivity index is 1.72. The van der Waals surface area contributed by atoms with Crippen molar-refractivity contribution in [3.63, 3.8) is 0 Å². The molecule has 31 heavy (non-hydrogen) atoms. The first-order valence-electron chi connectivity index (χ1n) is 9.46. The molecule has 7 nitrogen and oxygen atoms in total. The molecule has 1 N–H and O–H groups in total. The van der Waals surface area contributed by atoms with Gasteiger partial charge < -0.3 is 4.57 Å². The number of carbonyl (C=O) groups is 1. The molecule has 0 bridgehead atoms. The molecule has 0 unspecified atom stereocenters. The minimum absolute atomic E-state index is 0.371. The summed E-state index contributed by atoms with van der Waals surface area (Å²) in [5.41, 5.74) is 6.56. The summed E-state index contributed by atoms with van der Waals surface area (Å²) in [4.78, 5) is 12.3. The number of benzene rings is 2. The maximum absolute atomic E-state index is 12.3. The number of sulfonamides is 1. The Morgan fingerprint density at radius 3 is 2.39 bits per heavy atom. The van der Waals surface area contributed by atoms with E-state index in [0.717, 1.165) is 33.2 Å². The van der Waals surface area contributed by atoms with E-state index in [2.05, 4.69) is 15.1 Å². The Morgan fingerprint density at radius 1 is 1.13 bits per heavy atom. The lowest BCUT2D eigenvalue weighted by atomic mass is 10.2. The third-order valence-corrected chi connectivity index (χ3v) is 6.07. The highest BCUT2D eigenvalue weighted by Gasteiger charge is 2.20. The van der Waals surface area contributed by atoms with E-state index < -0.39 is 15.9 Å². The number of hydrogen-bond donors (Lipinski definition) is 1. The van der Waals surface area contributed by atoms with Gasteiger partial charge in [0.25, 0.3) is 5.91 Å². The van der Waals surface area contributed by atoms with Crippen molar-refractivity contribution in [3.05, 3.63) is 82.6 Å². The van der Waals surface area contributed by atoms with Crippen LogP contribution in [-0.4, -0.2) is 37.9 Å². The van der Waals surface area contributed by atoms with E-state index in [9.17, 15) is 13.2 Å². The first-order valence-corrected chi connectivity index (χ1v) is 11.7. The van der Waals surface area contributed by atoms with Gasteiger partial charge in [-0.2, -0.15) is 5.10 Å². The van der Waals surface area contributed by atoms with Crippen molar-refractivity contribution in [2.75, 3.05) is 17.1 Å². The highest BCUT2D eigenvalue weighted by atomic mass is 35.5. The van der Waals surface area contributed by atoms with Crippen molar-refractivity contribution in [1.82, 2.24) is 9.99 Å². The first-order chi connectivity index (χ1) is 14.7. The predicted octanol–water partition coefficient (Wildman–Crippen LogP) is 3.66. The molecule has 0 atom stereocenters. The van der Waals surface area contributed by atoms with Gasteiger partial charge in [-0.1, -0.05) is 29.8 Å². The number of carbonyl (C=O) groups excluding carboxylic acids is 1. The lowest BCUT2D eigenvalue weighted by molar-refractivity contribution is -0.119. The Labute approximate surface area is 187 Å². The molecule has 1 aromatic heterocycles. The first kappa shape index (κ1) is 22.6. The molecule has 0 spiro atoms. The Bertz CT molecular complexity index is 1200. The van der Waals surface area contributed by atoms with Crippen LogP contribution in [0.1, 0.15) is 17.0 Å². The van der Waals surface area contributed by atoms with E-state index in [-0.39, 0.29) is 6.54 Å². The summed E-state index contributed by atoms with van der Waals surface area (Å²) < 4.78 is 27.3. The fraction of sp³-hybridized carbons (Fsp3) is 0.182. The second kappa shape index (κ2) is 9.36. The second-order valence-corrected chi connectivity index (χ2v) is 9.38. The fourth-order valence-corrected chi connectivity index (χ4v) is 4.22. The Kier molecular flexibility index (Phi) is 6.82. The number of aromatic nitrogens is 1. The zero-order valence-electron chi connectivity index (χ0n) is 17.4. The lowest BCUT2D eigenvalue weighted by Gasteiger charge is -2.21. The monoisotopic (exact) mass is 458 g/mol. The Hall–Kier alpha value is -3.10. The number of hydrazone groups is 1. The van der Waals surface area contributed by atoms with Gasteiger partial charge in [-0.3, -0.25) is 9.10 Å². The summed E-state index contributed by atoms with van der Waals surface area (Å²) in [5, 5.41) is 4.67. The van der Waals surface area contributed by atoms with Crippen LogP contribution in [0.2, 0.25) is 5.02 Å². The van der Waals surface area contributed by atoms with Gasteiger partial charge in [-0.25, -0.2) is 13.8 Å². The Morgan fingerprint density at radius 2 is 1.77 bits per heavy atom. The normalized spacial score (nSPS) is 11.6. The number of rotatable bonds is 7.